The highest BCUT2D eigenvalue weighted by molar-refractivity contribution is 5.77. The lowest BCUT2D eigenvalue weighted by Gasteiger charge is -1.85. The quantitative estimate of drug-likeness (QED) is 0.426. The second-order valence-corrected chi connectivity index (χ2v) is 4.71. The Kier molecular flexibility index (Phi) is 10.2. The number of aromatic nitrogens is 2. The summed E-state index contributed by atoms with van der Waals surface area (Å²) in [4.78, 5) is 45.5. The Hall–Kier alpha value is -3.63. The van der Waals surface area contributed by atoms with Crippen LogP contribution in [0.3, 0.4) is 0 Å². The molecule has 11 heteroatoms. The predicted molar refractivity (Wildman–Crippen MR) is 89.5 cm³/mol. The van der Waals surface area contributed by atoms with Gasteiger partial charge in [-0.15, -0.1) is 0 Å². The summed E-state index contributed by atoms with van der Waals surface area (Å²) in [7, 11) is 0. The number of aromatic amines is 1. The SMILES string of the molecule is Nc1nc2ccccc2[nH]1.O=C(O)CCC(=O)O.O=C(O)CCC(=O)O. The lowest BCUT2D eigenvalue weighted by molar-refractivity contribution is -0.143. The summed E-state index contributed by atoms with van der Waals surface area (Å²) < 4.78 is 0. The number of hydrogen-bond acceptors (Lipinski definition) is 6. The zero-order valence-corrected chi connectivity index (χ0v) is 13.6. The molecule has 0 aliphatic rings. The van der Waals surface area contributed by atoms with Gasteiger partial charge in [0.15, 0.2) is 5.95 Å². The molecule has 2 rings (SSSR count). The molecule has 1 aromatic heterocycles. The fourth-order valence-corrected chi connectivity index (χ4v) is 1.40. The van der Waals surface area contributed by atoms with Gasteiger partial charge in [-0.2, -0.15) is 0 Å². The van der Waals surface area contributed by atoms with Crippen molar-refractivity contribution < 1.29 is 39.6 Å². The number of nitrogens with zero attached hydrogens (tertiary/aromatic N) is 1. The standard InChI is InChI=1S/C7H7N3.2C4H6O4/c8-7-9-5-3-1-2-4-6(5)10-7;2*5-3(6)1-2-4(7)8/h1-4H,(H3,8,9,10);2*1-2H2,(H,5,6)(H,7,8). The van der Waals surface area contributed by atoms with Gasteiger partial charge in [0.2, 0.25) is 0 Å². The molecule has 0 aliphatic carbocycles. The first-order chi connectivity index (χ1) is 12.1. The van der Waals surface area contributed by atoms with Gasteiger partial charge in [0.05, 0.1) is 36.7 Å². The molecule has 1 heterocycles. The molecule has 0 spiro atoms. The number of nitrogens with two attached hydrogens (primary N) is 1. The first-order valence-corrected chi connectivity index (χ1v) is 7.19. The first-order valence-electron chi connectivity index (χ1n) is 7.19. The van der Waals surface area contributed by atoms with Gasteiger partial charge < -0.3 is 31.1 Å². The molecule has 2 aromatic rings. The van der Waals surface area contributed by atoms with Crippen molar-refractivity contribution in [2.45, 2.75) is 25.7 Å². The number of aliphatic carboxylic acids is 4. The van der Waals surface area contributed by atoms with Crippen molar-refractivity contribution in [3.05, 3.63) is 24.3 Å². The largest absolute Gasteiger partial charge is 0.481 e. The van der Waals surface area contributed by atoms with Gasteiger partial charge in [-0.25, -0.2) is 4.98 Å². The Morgan fingerprint density at radius 1 is 0.808 bits per heavy atom. The molecule has 26 heavy (non-hydrogen) atoms. The first kappa shape index (κ1) is 22.4. The number of fused-ring (bicyclic) bond motifs is 1. The van der Waals surface area contributed by atoms with Crippen molar-refractivity contribution in [2.75, 3.05) is 5.73 Å². The summed E-state index contributed by atoms with van der Waals surface area (Å²) in [5.74, 6) is -3.83. The van der Waals surface area contributed by atoms with Crippen LogP contribution in [0.5, 0.6) is 0 Å². The molecule has 0 radical (unpaired) electrons. The minimum Gasteiger partial charge on any atom is -0.481 e. The van der Waals surface area contributed by atoms with Crippen molar-refractivity contribution in [3.8, 4) is 0 Å². The Labute approximate surface area is 147 Å². The fourth-order valence-electron chi connectivity index (χ4n) is 1.40. The summed E-state index contributed by atoms with van der Waals surface area (Å²) >= 11 is 0. The van der Waals surface area contributed by atoms with E-state index in [2.05, 4.69) is 9.97 Å². The van der Waals surface area contributed by atoms with Crippen LogP contribution in [0.15, 0.2) is 24.3 Å². The van der Waals surface area contributed by atoms with Gasteiger partial charge in [-0.1, -0.05) is 12.1 Å². The Morgan fingerprint density at radius 2 is 1.19 bits per heavy atom. The second-order valence-electron chi connectivity index (χ2n) is 4.71. The summed E-state index contributed by atoms with van der Waals surface area (Å²) in [6.07, 6.45) is -1.19. The summed E-state index contributed by atoms with van der Waals surface area (Å²) in [6, 6.07) is 7.74. The molecule has 0 saturated carbocycles. The van der Waals surface area contributed by atoms with Crippen LogP contribution in [0.2, 0.25) is 0 Å². The number of rotatable bonds is 6. The number of imidazole rings is 1. The third-order valence-electron chi connectivity index (χ3n) is 2.51. The molecule has 11 nitrogen and oxygen atoms in total. The Bertz CT molecular complexity index is 667. The molecule has 142 valence electrons. The normalized spacial score (nSPS) is 9.23. The monoisotopic (exact) mass is 369 g/mol. The topological polar surface area (TPSA) is 204 Å². The van der Waals surface area contributed by atoms with Gasteiger partial charge in [-0.3, -0.25) is 19.2 Å². The van der Waals surface area contributed by atoms with E-state index in [1.807, 2.05) is 24.3 Å². The second kappa shape index (κ2) is 11.8. The zero-order valence-electron chi connectivity index (χ0n) is 13.6. The number of carboxylic acid groups (broad SMARTS) is 4. The van der Waals surface area contributed by atoms with Crippen LogP contribution in [-0.4, -0.2) is 54.3 Å². The summed E-state index contributed by atoms with van der Waals surface area (Å²) in [6.45, 7) is 0. The highest BCUT2D eigenvalue weighted by Crippen LogP contribution is 2.10. The molecule has 7 N–H and O–H groups in total. The number of benzene rings is 1. The average Bonchev–Trinajstić information content (AvgIpc) is 2.92. The van der Waals surface area contributed by atoms with Crippen LogP contribution in [0.1, 0.15) is 25.7 Å². The zero-order chi connectivity index (χ0) is 20.1. The van der Waals surface area contributed by atoms with Crippen LogP contribution in [-0.2, 0) is 19.2 Å². The van der Waals surface area contributed by atoms with E-state index >= 15 is 0 Å². The van der Waals surface area contributed by atoms with E-state index in [9.17, 15) is 19.2 Å². The van der Waals surface area contributed by atoms with Crippen molar-refractivity contribution in [1.29, 1.82) is 0 Å². The highest BCUT2D eigenvalue weighted by Gasteiger charge is 2.01. The number of H-pyrrole nitrogens is 1. The van der Waals surface area contributed by atoms with Crippen molar-refractivity contribution in [2.24, 2.45) is 0 Å². The number of carboxylic acids is 4. The molecule has 0 aliphatic heterocycles. The molecule has 0 saturated heterocycles. The molecular formula is C15H19N3O8. The van der Waals surface area contributed by atoms with Gasteiger partial charge in [0.1, 0.15) is 0 Å². The smallest absolute Gasteiger partial charge is 0.303 e. The number of nitrogens with one attached hydrogen (secondary N) is 1. The average molecular weight is 369 g/mol. The third-order valence-corrected chi connectivity index (χ3v) is 2.51. The van der Waals surface area contributed by atoms with E-state index in [0.717, 1.165) is 11.0 Å². The van der Waals surface area contributed by atoms with E-state index < -0.39 is 23.9 Å². The number of para-hydroxylation sites is 2. The van der Waals surface area contributed by atoms with E-state index in [4.69, 9.17) is 26.2 Å². The lowest BCUT2D eigenvalue weighted by Crippen LogP contribution is -2.00. The van der Waals surface area contributed by atoms with Gasteiger partial charge in [-0.05, 0) is 12.1 Å². The van der Waals surface area contributed by atoms with E-state index in [0.29, 0.717) is 5.95 Å². The predicted octanol–water partition coefficient (Wildman–Crippen LogP) is 1.02. The number of hydrogen-bond donors (Lipinski definition) is 6. The van der Waals surface area contributed by atoms with Gasteiger partial charge >= 0.3 is 23.9 Å². The summed E-state index contributed by atoms with van der Waals surface area (Å²) in [5, 5.41) is 31.6. The minimum atomic E-state index is -1.08. The number of carbonyl (C=O) groups is 4. The number of anilines is 1. The molecule has 0 fully saturated rings. The lowest BCUT2D eigenvalue weighted by atomic mass is 10.3. The van der Waals surface area contributed by atoms with Crippen molar-refractivity contribution in [1.82, 2.24) is 9.97 Å². The molecule has 0 amide bonds. The highest BCUT2D eigenvalue weighted by atomic mass is 16.4. The van der Waals surface area contributed by atoms with Crippen molar-refractivity contribution in [3.63, 3.8) is 0 Å². The van der Waals surface area contributed by atoms with Gasteiger partial charge in [0.25, 0.3) is 0 Å². The van der Waals surface area contributed by atoms with Crippen LogP contribution in [0.4, 0.5) is 5.95 Å². The summed E-state index contributed by atoms with van der Waals surface area (Å²) in [5.41, 5.74) is 7.33. The maximum Gasteiger partial charge on any atom is 0.303 e. The van der Waals surface area contributed by atoms with E-state index in [-0.39, 0.29) is 25.7 Å². The maximum atomic E-state index is 9.64. The maximum absolute atomic E-state index is 9.64. The molecule has 1 aromatic carbocycles. The third kappa shape index (κ3) is 11.9. The molecule has 0 bridgehead atoms. The Balaban J connectivity index is 0.000000366. The molecule has 0 atom stereocenters. The number of nitrogen functional groups attached to an aromatic ring is 1. The van der Waals surface area contributed by atoms with Crippen molar-refractivity contribution >= 4 is 40.9 Å². The van der Waals surface area contributed by atoms with Crippen LogP contribution >= 0.6 is 0 Å². The van der Waals surface area contributed by atoms with Crippen LogP contribution < -0.4 is 5.73 Å². The van der Waals surface area contributed by atoms with Crippen LogP contribution in [0.25, 0.3) is 11.0 Å². The molecule has 0 unspecified atom stereocenters. The van der Waals surface area contributed by atoms with Crippen LogP contribution in [0, 0.1) is 0 Å². The van der Waals surface area contributed by atoms with E-state index in [1.165, 1.54) is 0 Å². The van der Waals surface area contributed by atoms with E-state index in [1.54, 1.807) is 0 Å². The Morgan fingerprint density at radius 3 is 1.54 bits per heavy atom. The molecular weight excluding hydrogens is 350 g/mol. The van der Waals surface area contributed by atoms with Gasteiger partial charge in [0, 0.05) is 0 Å². The fraction of sp³-hybridized carbons (Fsp3) is 0.267. The minimum absolute atomic E-state index is 0.296.